The lowest BCUT2D eigenvalue weighted by molar-refractivity contribution is 0.254. The second-order valence-electron chi connectivity index (χ2n) is 6.26. The van der Waals surface area contributed by atoms with Crippen LogP contribution in [0.15, 0.2) is 17.3 Å². The average Bonchev–Trinajstić information content (AvgIpc) is 2.69. The van der Waals surface area contributed by atoms with Crippen molar-refractivity contribution in [2.45, 2.75) is 58.4 Å². The van der Waals surface area contributed by atoms with E-state index in [0.717, 1.165) is 17.5 Å². The topological polar surface area (TPSA) is 24.4 Å². The summed E-state index contributed by atoms with van der Waals surface area (Å²) in [5.41, 5.74) is 2.31. The Balaban J connectivity index is 2.22. The summed E-state index contributed by atoms with van der Waals surface area (Å²) in [4.78, 5) is 4.79. The van der Waals surface area contributed by atoms with E-state index in [0.29, 0.717) is 12.0 Å². The van der Waals surface area contributed by atoms with Crippen LogP contribution in [0.3, 0.4) is 0 Å². The second-order valence-corrected chi connectivity index (χ2v) is 6.26. The molecule has 4 atom stereocenters. The Bertz CT molecular complexity index is 328. The van der Waals surface area contributed by atoms with Gasteiger partial charge < -0.3 is 5.32 Å². The molecule has 2 nitrogen and oxygen atoms in total. The standard InChI is InChI=1S/C16H28N2/c1-11(2)18-16(12(3)17-4)15-10-13-6-5-7-14(15)9-8-13/h12-15,17H,1,5-10H2,2-4H3/b18-16+/t12-,13?,14?,15?/m0/s1. The van der Waals surface area contributed by atoms with Gasteiger partial charge >= 0.3 is 0 Å². The molecule has 3 saturated carbocycles. The molecule has 0 amide bonds. The van der Waals surface area contributed by atoms with Gasteiger partial charge in [0.25, 0.3) is 0 Å². The highest BCUT2D eigenvalue weighted by Crippen LogP contribution is 2.44. The van der Waals surface area contributed by atoms with Crippen LogP contribution in [0.2, 0.25) is 0 Å². The molecule has 1 N–H and O–H groups in total. The number of allylic oxidation sites excluding steroid dienone is 1. The van der Waals surface area contributed by atoms with Gasteiger partial charge in [-0.25, -0.2) is 0 Å². The minimum absolute atomic E-state index is 0.381. The van der Waals surface area contributed by atoms with Gasteiger partial charge in [0, 0.05) is 23.4 Å². The molecule has 3 aliphatic carbocycles. The van der Waals surface area contributed by atoms with Crippen LogP contribution in [0.25, 0.3) is 0 Å². The van der Waals surface area contributed by atoms with Crippen molar-refractivity contribution in [3.05, 3.63) is 12.3 Å². The van der Waals surface area contributed by atoms with E-state index >= 15 is 0 Å². The number of nitrogens with zero attached hydrogens (tertiary/aromatic N) is 1. The second kappa shape index (κ2) is 6.01. The molecule has 3 aliphatic rings. The Kier molecular flexibility index (Phi) is 4.60. The van der Waals surface area contributed by atoms with Crippen LogP contribution in [0.4, 0.5) is 0 Å². The van der Waals surface area contributed by atoms with Gasteiger partial charge in [0.1, 0.15) is 0 Å². The molecule has 0 spiro atoms. The lowest BCUT2D eigenvalue weighted by atomic mass is 9.72. The Hall–Kier alpha value is -0.630. The van der Waals surface area contributed by atoms with Crippen LogP contribution in [-0.2, 0) is 0 Å². The van der Waals surface area contributed by atoms with E-state index in [1.54, 1.807) is 0 Å². The maximum Gasteiger partial charge on any atom is 0.0427 e. The maximum absolute atomic E-state index is 4.79. The molecule has 0 aromatic rings. The van der Waals surface area contributed by atoms with E-state index in [1.165, 1.54) is 44.2 Å². The van der Waals surface area contributed by atoms with Gasteiger partial charge in [0.15, 0.2) is 0 Å². The zero-order valence-corrected chi connectivity index (χ0v) is 12.2. The normalized spacial score (nSPS) is 34.2. The van der Waals surface area contributed by atoms with E-state index in [2.05, 4.69) is 18.8 Å². The summed E-state index contributed by atoms with van der Waals surface area (Å²) in [6.07, 6.45) is 8.52. The molecule has 0 radical (unpaired) electrons. The van der Waals surface area contributed by atoms with Gasteiger partial charge in [-0.1, -0.05) is 25.8 Å². The molecule has 2 heteroatoms. The Morgan fingerprint density at radius 1 is 1.28 bits per heavy atom. The fraction of sp³-hybridized carbons (Fsp3) is 0.812. The summed E-state index contributed by atoms with van der Waals surface area (Å²) < 4.78 is 0. The smallest absolute Gasteiger partial charge is 0.0427 e. The molecule has 3 rings (SSSR count). The summed E-state index contributed by atoms with van der Waals surface area (Å²) in [5, 5.41) is 3.38. The van der Waals surface area contributed by atoms with E-state index in [9.17, 15) is 0 Å². The SMILES string of the molecule is C=C(C)/N=C(/C1CC2CCCC1CC2)[C@H](C)NC. The quantitative estimate of drug-likeness (QED) is 0.752. The van der Waals surface area contributed by atoms with Crippen molar-refractivity contribution in [1.29, 1.82) is 0 Å². The highest BCUT2D eigenvalue weighted by molar-refractivity contribution is 5.92. The van der Waals surface area contributed by atoms with Gasteiger partial charge in [-0.05, 0) is 52.0 Å². The number of fused-ring (bicyclic) bond motifs is 4. The Labute approximate surface area is 112 Å². The molecule has 0 saturated heterocycles. The van der Waals surface area contributed by atoms with Crippen LogP contribution in [0, 0.1) is 17.8 Å². The fourth-order valence-corrected chi connectivity index (χ4v) is 3.83. The number of hydrogen-bond donors (Lipinski definition) is 1. The van der Waals surface area contributed by atoms with Crippen LogP contribution < -0.4 is 5.32 Å². The molecule has 0 aromatic carbocycles. The average molecular weight is 248 g/mol. The van der Waals surface area contributed by atoms with Gasteiger partial charge in [-0.2, -0.15) is 0 Å². The van der Waals surface area contributed by atoms with Crippen molar-refractivity contribution < 1.29 is 0 Å². The highest BCUT2D eigenvalue weighted by Gasteiger charge is 2.37. The monoisotopic (exact) mass is 248 g/mol. The van der Waals surface area contributed by atoms with Crippen molar-refractivity contribution >= 4 is 5.71 Å². The number of nitrogens with one attached hydrogen (secondary N) is 1. The van der Waals surface area contributed by atoms with Crippen molar-refractivity contribution in [3.8, 4) is 0 Å². The lowest BCUT2D eigenvalue weighted by Crippen LogP contribution is -2.40. The zero-order valence-electron chi connectivity index (χ0n) is 12.2. The molecule has 3 fully saturated rings. The summed E-state index contributed by atoms with van der Waals surface area (Å²) in [5.74, 6) is 2.52. The first-order valence-corrected chi connectivity index (χ1v) is 7.53. The first kappa shape index (κ1) is 13.8. The van der Waals surface area contributed by atoms with E-state index < -0.39 is 0 Å². The van der Waals surface area contributed by atoms with Crippen molar-refractivity contribution in [3.63, 3.8) is 0 Å². The summed E-state index contributed by atoms with van der Waals surface area (Å²) >= 11 is 0. The summed E-state index contributed by atoms with van der Waals surface area (Å²) in [6.45, 7) is 8.22. The molecular weight excluding hydrogens is 220 g/mol. The molecule has 102 valence electrons. The Morgan fingerprint density at radius 3 is 2.72 bits per heavy atom. The first-order valence-electron chi connectivity index (χ1n) is 7.53. The number of hydrogen-bond acceptors (Lipinski definition) is 2. The fourth-order valence-electron chi connectivity index (χ4n) is 3.83. The molecular formula is C16H28N2. The molecule has 0 heterocycles. The zero-order chi connectivity index (χ0) is 13.1. The maximum atomic E-state index is 4.79. The third-order valence-electron chi connectivity index (χ3n) is 4.87. The molecule has 3 unspecified atom stereocenters. The van der Waals surface area contributed by atoms with Gasteiger partial charge in [-0.3, -0.25) is 4.99 Å². The van der Waals surface area contributed by atoms with Crippen LogP contribution in [0.5, 0.6) is 0 Å². The largest absolute Gasteiger partial charge is 0.312 e. The van der Waals surface area contributed by atoms with Crippen molar-refractivity contribution in [2.24, 2.45) is 22.7 Å². The first-order chi connectivity index (χ1) is 8.61. The van der Waals surface area contributed by atoms with Crippen LogP contribution >= 0.6 is 0 Å². The highest BCUT2D eigenvalue weighted by atomic mass is 14.9. The van der Waals surface area contributed by atoms with E-state index in [-0.39, 0.29) is 0 Å². The number of rotatable bonds is 4. The lowest BCUT2D eigenvalue weighted by Gasteiger charge is -2.35. The van der Waals surface area contributed by atoms with Crippen molar-refractivity contribution in [2.75, 3.05) is 7.05 Å². The third kappa shape index (κ3) is 3.03. The van der Waals surface area contributed by atoms with Crippen LogP contribution in [0.1, 0.15) is 52.4 Å². The minimum Gasteiger partial charge on any atom is -0.312 e. The Morgan fingerprint density at radius 2 is 2.06 bits per heavy atom. The summed E-state index contributed by atoms with van der Waals surface area (Å²) in [6, 6.07) is 0.381. The third-order valence-corrected chi connectivity index (χ3v) is 4.87. The van der Waals surface area contributed by atoms with Gasteiger partial charge in [0.05, 0.1) is 0 Å². The van der Waals surface area contributed by atoms with Crippen LogP contribution in [-0.4, -0.2) is 18.8 Å². The minimum atomic E-state index is 0.381. The predicted octanol–water partition coefficient (Wildman–Crippen LogP) is 3.79. The predicted molar refractivity (Wildman–Crippen MR) is 78.9 cm³/mol. The molecule has 18 heavy (non-hydrogen) atoms. The summed E-state index contributed by atoms with van der Waals surface area (Å²) in [7, 11) is 2.04. The molecule has 0 aliphatic heterocycles. The molecule has 0 aromatic heterocycles. The van der Waals surface area contributed by atoms with E-state index in [1.807, 2.05) is 14.0 Å². The van der Waals surface area contributed by atoms with Gasteiger partial charge in [-0.15, -0.1) is 0 Å². The molecule has 2 bridgehead atoms. The van der Waals surface area contributed by atoms with E-state index in [4.69, 9.17) is 4.99 Å². The van der Waals surface area contributed by atoms with Crippen molar-refractivity contribution in [1.82, 2.24) is 5.32 Å². The van der Waals surface area contributed by atoms with Gasteiger partial charge in [0.2, 0.25) is 0 Å². The number of aliphatic imine (C=N–C) groups is 1.